The molecule has 2 aromatic rings. The van der Waals surface area contributed by atoms with Gasteiger partial charge in [0.15, 0.2) is 5.65 Å². The molecule has 0 unspecified atom stereocenters. The molecule has 2 saturated heterocycles. The number of anilines is 2. The van der Waals surface area contributed by atoms with Gasteiger partial charge in [-0.1, -0.05) is 0 Å². The van der Waals surface area contributed by atoms with Gasteiger partial charge in [0.1, 0.15) is 22.8 Å². The highest BCUT2D eigenvalue weighted by Gasteiger charge is 2.39. The van der Waals surface area contributed by atoms with E-state index in [1.54, 1.807) is 26.6 Å². The number of rotatable bonds is 4. The molecule has 1 aliphatic carbocycles. The zero-order valence-electron chi connectivity index (χ0n) is 24.4. The first-order chi connectivity index (χ1) is 19.2. The van der Waals surface area contributed by atoms with Crippen LogP contribution in [-0.4, -0.2) is 86.9 Å². The maximum atomic E-state index is 13.4. The third-order valence-corrected chi connectivity index (χ3v) is 6.70. The zero-order chi connectivity index (χ0) is 29.7. The van der Waals surface area contributed by atoms with Gasteiger partial charge in [-0.3, -0.25) is 19.8 Å². The Kier molecular flexibility index (Phi) is 7.16. The van der Waals surface area contributed by atoms with E-state index in [4.69, 9.17) is 14.5 Å². The maximum absolute atomic E-state index is 13.4. The average molecular weight is 568 g/mol. The molecule has 4 amide bonds. The minimum Gasteiger partial charge on any atom is -0.444 e. The van der Waals surface area contributed by atoms with Crippen molar-refractivity contribution in [2.24, 2.45) is 0 Å². The number of ether oxygens (including phenoxy) is 2. The highest BCUT2D eigenvalue weighted by atomic mass is 16.6. The number of imide groups is 1. The van der Waals surface area contributed by atoms with Crippen molar-refractivity contribution in [2.75, 3.05) is 36.0 Å². The third-order valence-electron chi connectivity index (χ3n) is 6.70. The Morgan fingerprint density at radius 2 is 1.68 bits per heavy atom. The van der Waals surface area contributed by atoms with Crippen molar-refractivity contribution in [1.82, 2.24) is 24.8 Å². The fourth-order valence-corrected chi connectivity index (χ4v) is 4.71. The first-order valence-corrected chi connectivity index (χ1v) is 13.9. The van der Waals surface area contributed by atoms with Gasteiger partial charge in [0.05, 0.1) is 12.6 Å². The minimum absolute atomic E-state index is 0.0263. The topological polar surface area (TPSA) is 139 Å². The van der Waals surface area contributed by atoms with Crippen molar-refractivity contribution >= 4 is 47.4 Å². The first-order valence-electron chi connectivity index (χ1n) is 13.9. The third kappa shape index (κ3) is 6.44. The molecule has 5 rings (SSSR count). The van der Waals surface area contributed by atoms with Crippen LogP contribution in [0.4, 0.5) is 21.2 Å². The summed E-state index contributed by atoms with van der Waals surface area (Å²) in [5.74, 6) is 0.280. The standard InChI is InChI=1S/C28H37N7O6/c1-27(2,3)40-25(38)33-11-9-32(10-12-33)20-15-22(34(19-7-8-19)26(39)41-28(4,5)6)35-23(30-20)18(16-29-35)13-17-14-21(36)31-24(17)37/h13,15-16,19H,7-12,14H2,1-6H3,(H,31,36,37)/b17-13+. The Morgan fingerprint density at radius 1 is 1.02 bits per heavy atom. The molecule has 41 heavy (non-hydrogen) atoms. The number of fused-ring (bicyclic) bond motifs is 1. The second-order valence-corrected chi connectivity index (χ2v) is 12.6. The largest absolute Gasteiger partial charge is 0.444 e. The molecular weight excluding hydrogens is 530 g/mol. The summed E-state index contributed by atoms with van der Waals surface area (Å²) in [4.78, 5) is 60.3. The van der Waals surface area contributed by atoms with Gasteiger partial charge < -0.3 is 19.3 Å². The van der Waals surface area contributed by atoms with Crippen LogP contribution in [0.3, 0.4) is 0 Å². The summed E-state index contributed by atoms with van der Waals surface area (Å²) in [6.45, 7) is 12.8. The summed E-state index contributed by atoms with van der Waals surface area (Å²) in [5.41, 5.74) is 0.00781. The predicted molar refractivity (Wildman–Crippen MR) is 150 cm³/mol. The summed E-state index contributed by atoms with van der Waals surface area (Å²) in [7, 11) is 0. The minimum atomic E-state index is -0.695. The van der Waals surface area contributed by atoms with Crippen molar-refractivity contribution in [3.63, 3.8) is 0 Å². The summed E-state index contributed by atoms with van der Waals surface area (Å²) in [6.07, 6.45) is 3.96. The molecule has 0 bridgehead atoms. The van der Waals surface area contributed by atoms with Crippen molar-refractivity contribution in [2.45, 2.75) is 78.0 Å². The van der Waals surface area contributed by atoms with E-state index in [0.717, 1.165) is 12.8 Å². The molecule has 4 heterocycles. The summed E-state index contributed by atoms with van der Waals surface area (Å²) in [6, 6.07) is 1.77. The lowest BCUT2D eigenvalue weighted by molar-refractivity contribution is -0.124. The van der Waals surface area contributed by atoms with Gasteiger partial charge in [-0.2, -0.15) is 9.61 Å². The van der Waals surface area contributed by atoms with Crippen molar-refractivity contribution < 1.29 is 28.7 Å². The maximum Gasteiger partial charge on any atom is 0.416 e. The number of carbonyl (C=O) groups is 4. The van der Waals surface area contributed by atoms with Crippen LogP contribution in [0.5, 0.6) is 0 Å². The summed E-state index contributed by atoms with van der Waals surface area (Å²) < 4.78 is 12.9. The van der Waals surface area contributed by atoms with Gasteiger partial charge in [-0.05, 0) is 60.5 Å². The Bertz CT molecular complexity index is 1420. The van der Waals surface area contributed by atoms with Gasteiger partial charge in [0, 0.05) is 49.4 Å². The van der Waals surface area contributed by atoms with E-state index in [0.29, 0.717) is 54.6 Å². The Labute approximate surface area is 238 Å². The van der Waals surface area contributed by atoms with E-state index in [9.17, 15) is 19.2 Å². The zero-order valence-corrected chi connectivity index (χ0v) is 24.4. The number of nitrogens with zero attached hydrogens (tertiary/aromatic N) is 6. The number of aromatic nitrogens is 3. The molecule has 1 saturated carbocycles. The molecular formula is C28H37N7O6. The second kappa shape index (κ2) is 10.3. The van der Waals surface area contributed by atoms with Crippen LogP contribution in [0.25, 0.3) is 11.7 Å². The molecule has 2 aromatic heterocycles. The number of amides is 4. The van der Waals surface area contributed by atoms with Crippen molar-refractivity contribution in [3.05, 3.63) is 23.4 Å². The Hall–Kier alpha value is -4.16. The lowest BCUT2D eigenvalue weighted by atomic mass is 10.1. The fraction of sp³-hybridized carbons (Fsp3) is 0.571. The van der Waals surface area contributed by atoms with Gasteiger partial charge in [-0.15, -0.1) is 0 Å². The van der Waals surface area contributed by atoms with E-state index in [2.05, 4.69) is 10.4 Å². The molecule has 13 heteroatoms. The summed E-state index contributed by atoms with van der Waals surface area (Å²) in [5, 5.41) is 6.82. The van der Waals surface area contributed by atoms with Crippen molar-refractivity contribution in [3.8, 4) is 0 Å². The fourth-order valence-electron chi connectivity index (χ4n) is 4.71. The van der Waals surface area contributed by atoms with E-state index in [1.807, 2.05) is 52.5 Å². The van der Waals surface area contributed by atoms with Gasteiger partial charge >= 0.3 is 12.2 Å². The lowest BCUT2D eigenvalue weighted by Gasteiger charge is -2.36. The predicted octanol–water partition coefficient (Wildman–Crippen LogP) is 3.12. The quantitative estimate of drug-likeness (QED) is 0.436. The average Bonchev–Trinajstić information content (AvgIpc) is 3.52. The number of piperazine rings is 1. The van der Waals surface area contributed by atoms with Crippen LogP contribution in [0.1, 0.15) is 66.4 Å². The smallest absolute Gasteiger partial charge is 0.416 e. The lowest BCUT2D eigenvalue weighted by Crippen LogP contribution is -2.50. The molecule has 2 aliphatic heterocycles. The van der Waals surface area contributed by atoms with Crippen molar-refractivity contribution in [1.29, 1.82) is 0 Å². The van der Waals surface area contributed by atoms with Crippen LogP contribution in [0.15, 0.2) is 17.8 Å². The molecule has 13 nitrogen and oxygen atoms in total. The second-order valence-electron chi connectivity index (χ2n) is 12.6. The van der Waals surface area contributed by atoms with Crippen LogP contribution < -0.4 is 15.1 Å². The normalized spacial score (nSPS) is 19.1. The molecule has 0 atom stereocenters. The van der Waals surface area contributed by atoms with E-state index >= 15 is 0 Å². The molecule has 3 fully saturated rings. The van der Waals surface area contributed by atoms with Crippen LogP contribution in [0, 0.1) is 0 Å². The Morgan fingerprint density at radius 3 is 2.24 bits per heavy atom. The molecule has 0 spiro atoms. The number of nitrogens with one attached hydrogen (secondary N) is 1. The van der Waals surface area contributed by atoms with Crippen LogP contribution in [-0.2, 0) is 19.1 Å². The van der Waals surface area contributed by atoms with Gasteiger partial charge in [0.25, 0.3) is 5.91 Å². The molecule has 0 radical (unpaired) electrons. The number of hydrogen-bond donors (Lipinski definition) is 1. The van der Waals surface area contributed by atoms with Crippen LogP contribution in [0.2, 0.25) is 0 Å². The monoisotopic (exact) mass is 567 g/mol. The molecule has 3 aliphatic rings. The first kappa shape index (κ1) is 28.4. The highest BCUT2D eigenvalue weighted by molar-refractivity contribution is 6.15. The van der Waals surface area contributed by atoms with Crippen LogP contribution >= 0.6 is 0 Å². The highest BCUT2D eigenvalue weighted by Crippen LogP contribution is 2.36. The SMILES string of the molecule is CC(C)(C)OC(=O)N1CCN(c2cc(N(C(=O)OC(C)(C)C)C3CC3)n3ncc(/C=C4\CC(=O)NC4=O)c3n2)CC1. The Balaban J connectivity index is 1.52. The van der Waals surface area contributed by atoms with E-state index < -0.39 is 23.2 Å². The van der Waals surface area contributed by atoms with E-state index in [-0.39, 0.29) is 24.5 Å². The molecule has 0 aromatic carbocycles. The molecule has 220 valence electrons. The van der Waals surface area contributed by atoms with E-state index in [1.165, 1.54) is 0 Å². The van der Waals surface area contributed by atoms with Gasteiger partial charge in [0.2, 0.25) is 5.91 Å². The number of carbonyl (C=O) groups excluding carboxylic acids is 4. The van der Waals surface area contributed by atoms with Gasteiger partial charge in [-0.25, -0.2) is 14.6 Å². The number of hydrogen-bond acceptors (Lipinski definition) is 9. The summed E-state index contributed by atoms with van der Waals surface area (Å²) >= 11 is 0. The molecule has 1 N–H and O–H groups in total.